The summed E-state index contributed by atoms with van der Waals surface area (Å²) < 4.78 is 5.71. The summed E-state index contributed by atoms with van der Waals surface area (Å²) in [4.78, 5) is 10.8. The summed E-state index contributed by atoms with van der Waals surface area (Å²) in [6.07, 6.45) is 0.551. The van der Waals surface area contributed by atoms with Gasteiger partial charge in [0.1, 0.15) is 5.75 Å². The molecule has 2 rings (SSSR count). The fraction of sp³-hybridized carbons (Fsp3) is 0.263. The van der Waals surface area contributed by atoms with E-state index in [-0.39, 0.29) is 11.5 Å². The molecule has 4 nitrogen and oxygen atoms in total. The molecule has 1 unspecified atom stereocenters. The van der Waals surface area contributed by atoms with Gasteiger partial charge in [-0.1, -0.05) is 18.2 Å². The Balaban J connectivity index is 1.95. The number of hydrogen-bond donors (Lipinski definition) is 1. The molecule has 118 valence electrons. The van der Waals surface area contributed by atoms with Gasteiger partial charge in [-0.15, -0.1) is 0 Å². The van der Waals surface area contributed by atoms with E-state index in [1.54, 1.807) is 12.1 Å². The van der Waals surface area contributed by atoms with Crippen molar-refractivity contribution in [3.8, 4) is 11.8 Å². The van der Waals surface area contributed by atoms with E-state index >= 15 is 0 Å². The maximum Gasteiger partial charge on any atom is 0.335 e. The van der Waals surface area contributed by atoms with Crippen LogP contribution >= 0.6 is 0 Å². The number of carboxylic acids is 1. The number of nitriles is 1. The highest BCUT2D eigenvalue weighted by Gasteiger charge is 2.12. The van der Waals surface area contributed by atoms with Crippen LogP contribution in [0.15, 0.2) is 42.5 Å². The van der Waals surface area contributed by atoms with Crippen molar-refractivity contribution in [1.82, 2.24) is 0 Å². The molecule has 0 aliphatic carbocycles. The standard InChI is InChI=1S/C19H19NO3/c1-13-3-8-18(11-14(13)2)23-10-9-17(12-20)15-4-6-16(7-5-15)19(21)22/h3-8,11,17H,9-10H2,1-2H3,(H,21,22). The lowest BCUT2D eigenvalue weighted by atomic mass is 9.96. The molecule has 0 bridgehead atoms. The minimum Gasteiger partial charge on any atom is -0.494 e. The van der Waals surface area contributed by atoms with Crippen LogP contribution in [0.25, 0.3) is 0 Å². The molecule has 0 fully saturated rings. The highest BCUT2D eigenvalue weighted by atomic mass is 16.5. The summed E-state index contributed by atoms with van der Waals surface area (Å²) in [6.45, 7) is 4.51. The molecule has 0 aliphatic rings. The highest BCUT2D eigenvalue weighted by Crippen LogP contribution is 2.21. The topological polar surface area (TPSA) is 70.3 Å². The molecule has 2 aromatic rings. The SMILES string of the molecule is Cc1ccc(OCCC(C#N)c2ccc(C(=O)O)cc2)cc1C. The molecule has 4 heteroatoms. The lowest BCUT2D eigenvalue weighted by Crippen LogP contribution is -2.05. The Bertz CT molecular complexity index is 729. The molecule has 0 radical (unpaired) electrons. The number of aryl methyl sites for hydroxylation is 2. The summed E-state index contributed by atoms with van der Waals surface area (Å²) in [5, 5.41) is 18.2. The molecular formula is C19H19NO3. The third kappa shape index (κ3) is 4.33. The molecule has 0 aliphatic heterocycles. The average Bonchev–Trinajstić information content (AvgIpc) is 2.55. The molecule has 0 saturated carbocycles. The van der Waals surface area contributed by atoms with Crippen molar-refractivity contribution in [2.45, 2.75) is 26.2 Å². The van der Waals surface area contributed by atoms with Crippen molar-refractivity contribution in [3.05, 3.63) is 64.7 Å². The number of ether oxygens (including phenoxy) is 1. The van der Waals surface area contributed by atoms with E-state index in [0.29, 0.717) is 13.0 Å². The molecule has 1 N–H and O–H groups in total. The van der Waals surface area contributed by atoms with Crippen molar-refractivity contribution < 1.29 is 14.6 Å². The van der Waals surface area contributed by atoms with Gasteiger partial charge in [0.25, 0.3) is 0 Å². The van der Waals surface area contributed by atoms with Crippen LogP contribution in [0.4, 0.5) is 0 Å². The quantitative estimate of drug-likeness (QED) is 0.873. The first-order valence-electron chi connectivity index (χ1n) is 7.44. The van der Waals surface area contributed by atoms with Crippen molar-refractivity contribution in [2.24, 2.45) is 0 Å². The van der Waals surface area contributed by atoms with Crippen LogP contribution in [-0.2, 0) is 0 Å². The van der Waals surface area contributed by atoms with Gasteiger partial charge in [0.15, 0.2) is 0 Å². The van der Waals surface area contributed by atoms with Gasteiger partial charge in [-0.2, -0.15) is 5.26 Å². The van der Waals surface area contributed by atoms with Gasteiger partial charge in [-0.3, -0.25) is 0 Å². The summed E-state index contributed by atoms with van der Waals surface area (Å²) in [5.74, 6) is -0.487. The zero-order valence-electron chi connectivity index (χ0n) is 13.2. The van der Waals surface area contributed by atoms with Crippen LogP contribution in [0.2, 0.25) is 0 Å². The summed E-state index contributed by atoms with van der Waals surface area (Å²) in [5.41, 5.74) is 3.41. The van der Waals surface area contributed by atoms with Crippen LogP contribution in [0.3, 0.4) is 0 Å². The highest BCUT2D eigenvalue weighted by molar-refractivity contribution is 5.87. The molecular weight excluding hydrogens is 290 g/mol. The lowest BCUT2D eigenvalue weighted by molar-refractivity contribution is 0.0697. The van der Waals surface area contributed by atoms with E-state index < -0.39 is 5.97 Å². The number of hydrogen-bond acceptors (Lipinski definition) is 3. The Morgan fingerprint density at radius 3 is 2.43 bits per heavy atom. The predicted molar refractivity (Wildman–Crippen MR) is 87.8 cm³/mol. The largest absolute Gasteiger partial charge is 0.494 e. The normalized spacial score (nSPS) is 11.5. The molecule has 0 saturated heterocycles. The number of carbonyl (C=O) groups is 1. The average molecular weight is 309 g/mol. The van der Waals surface area contributed by atoms with Gasteiger partial charge in [0, 0.05) is 6.42 Å². The monoisotopic (exact) mass is 309 g/mol. The fourth-order valence-corrected chi connectivity index (χ4v) is 2.26. The first-order valence-corrected chi connectivity index (χ1v) is 7.44. The van der Waals surface area contributed by atoms with Crippen LogP contribution in [0.5, 0.6) is 5.75 Å². The second kappa shape index (κ2) is 7.46. The zero-order valence-corrected chi connectivity index (χ0v) is 13.2. The van der Waals surface area contributed by atoms with E-state index in [2.05, 4.69) is 6.07 Å². The molecule has 0 spiro atoms. The van der Waals surface area contributed by atoms with E-state index in [1.165, 1.54) is 23.3 Å². The second-order valence-corrected chi connectivity index (χ2v) is 5.49. The van der Waals surface area contributed by atoms with Gasteiger partial charge >= 0.3 is 5.97 Å². The predicted octanol–water partition coefficient (Wildman–Crippen LogP) is 4.08. The van der Waals surface area contributed by atoms with Gasteiger partial charge in [0.05, 0.1) is 24.2 Å². The molecule has 0 heterocycles. The van der Waals surface area contributed by atoms with Crippen LogP contribution in [0, 0.1) is 25.2 Å². The number of carboxylic acid groups (broad SMARTS) is 1. The Kier molecular flexibility index (Phi) is 5.37. The second-order valence-electron chi connectivity index (χ2n) is 5.49. The third-order valence-corrected chi connectivity index (χ3v) is 3.87. The van der Waals surface area contributed by atoms with Gasteiger partial charge in [-0.05, 0) is 54.8 Å². The minimum atomic E-state index is -0.969. The number of benzene rings is 2. The fourth-order valence-electron chi connectivity index (χ4n) is 2.26. The van der Waals surface area contributed by atoms with Crippen molar-refractivity contribution >= 4 is 5.97 Å². The Morgan fingerprint density at radius 2 is 1.87 bits per heavy atom. The summed E-state index contributed by atoms with van der Waals surface area (Å²) in [6, 6.07) is 14.6. The van der Waals surface area contributed by atoms with E-state index in [9.17, 15) is 10.1 Å². The number of rotatable bonds is 6. The van der Waals surface area contributed by atoms with E-state index in [4.69, 9.17) is 9.84 Å². The summed E-state index contributed by atoms with van der Waals surface area (Å²) in [7, 11) is 0. The zero-order chi connectivity index (χ0) is 16.8. The Labute approximate surface area is 136 Å². The van der Waals surface area contributed by atoms with E-state index in [0.717, 1.165) is 11.3 Å². The third-order valence-electron chi connectivity index (χ3n) is 3.87. The lowest BCUT2D eigenvalue weighted by Gasteiger charge is -2.12. The maximum absolute atomic E-state index is 10.8. The first kappa shape index (κ1) is 16.6. The summed E-state index contributed by atoms with van der Waals surface area (Å²) >= 11 is 0. The van der Waals surface area contributed by atoms with Crippen molar-refractivity contribution in [1.29, 1.82) is 5.26 Å². The first-order chi connectivity index (χ1) is 11.0. The van der Waals surface area contributed by atoms with Gasteiger partial charge < -0.3 is 9.84 Å². The number of aromatic carboxylic acids is 1. The van der Waals surface area contributed by atoms with Gasteiger partial charge in [0.2, 0.25) is 0 Å². The smallest absolute Gasteiger partial charge is 0.335 e. The Hall–Kier alpha value is -2.80. The molecule has 0 aromatic heterocycles. The van der Waals surface area contributed by atoms with Crippen molar-refractivity contribution in [3.63, 3.8) is 0 Å². The molecule has 0 amide bonds. The Morgan fingerprint density at radius 1 is 1.17 bits per heavy atom. The van der Waals surface area contributed by atoms with Crippen LogP contribution < -0.4 is 4.74 Å². The molecule has 23 heavy (non-hydrogen) atoms. The molecule has 1 atom stereocenters. The van der Waals surface area contributed by atoms with Crippen LogP contribution in [0.1, 0.15) is 39.4 Å². The van der Waals surface area contributed by atoms with Gasteiger partial charge in [-0.25, -0.2) is 4.79 Å². The number of nitrogens with zero attached hydrogens (tertiary/aromatic N) is 1. The van der Waals surface area contributed by atoms with Crippen LogP contribution in [-0.4, -0.2) is 17.7 Å². The minimum absolute atomic E-state index is 0.219. The molecule has 2 aromatic carbocycles. The maximum atomic E-state index is 10.8. The van der Waals surface area contributed by atoms with Crippen molar-refractivity contribution in [2.75, 3.05) is 6.61 Å². The van der Waals surface area contributed by atoms with E-state index in [1.807, 2.05) is 32.0 Å².